The van der Waals surface area contributed by atoms with Crippen LogP contribution in [0.3, 0.4) is 0 Å². The van der Waals surface area contributed by atoms with E-state index in [9.17, 15) is 18.3 Å². The summed E-state index contributed by atoms with van der Waals surface area (Å²) >= 11 is 12.0. The zero-order valence-corrected chi connectivity index (χ0v) is 20.0. The number of aliphatic hydroxyl groups excluding tert-OH is 1. The van der Waals surface area contributed by atoms with Crippen LogP contribution in [-0.4, -0.2) is 69.0 Å². The Bertz CT molecular complexity index is 1060. The number of carbonyl (C=O) groups is 1. The van der Waals surface area contributed by atoms with Crippen LogP contribution in [0.15, 0.2) is 47.4 Å². The van der Waals surface area contributed by atoms with Gasteiger partial charge in [0.05, 0.1) is 26.6 Å². The molecule has 1 aliphatic rings. The van der Waals surface area contributed by atoms with Crippen LogP contribution in [0.5, 0.6) is 5.75 Å². The highest BCUT2D eigenvalue weighted by Crippen LogP contribution is 2.28. The van der Waals surface area contributed by atoms with Crippen LogP contribution in [-0.2, 0) is 9.84 Å². The Morgan fingerprint density at radius 2 is 1.88 bits per heavy atom. The van der Waals surface area contributed by atoms with Gasteiger partial charge in [0.2, 0.25) is 0 Å². The van der Waals surface area contributed by atoms with Crippen molar-refractivity contribution in [2.75, 3.05) is 32.4 Å². The maximum atomic E-state index is 12.4. The summed E-state index contributed by atoms with van der Waals surface area (Å²) in [6, 6.07) is 11.2. The lowest BCUT2D eigenvalue weighted by atomic mass is 10.1. The third kappa shape index (κ3) is 6.83. The van der Waals surface area contributed by atoms with Gasteiger partial charge in [0.15, 0.2) is 9.84 Å². The Morgan fingerprint density at radius 1 is 1.19 bits per heavy atom. The molecule has 3 rings (SSSR count). The van der Waals surface area contributed by atoms with E-state index in [4.69, 9.17) is 27.9 Å². The van der Waals surface area contributed by atoms with Crippen molar-refractivity contribution >= 4 is 38.9 Å². The number of nitrogens with one attached hydrogen (secondary N) is 1. The minimum atomic E-state index is -3.53. The monoisotopic (exact) mass is 500 g/mol. The first kappa shape index (κ1) is 24.8. The lowest BCUT2D eigenvalue weighted by molar-refractivity contribution is 0.0593. The number of rotatable bonds is 8. The van der Waals surface area contributed by atoms with Crippen molar-refractivity contribution in [1.29, 1.82) is 0 Å². The highest BCUT2D eigenvalue weighted by atomic mass is 35.5. The summed E-state index contributed by atoms with van der Waals surface area (Å²) in [6.07, 6.45) is 1.91. The van der Waals surface area contributed by atoms with Crippen LogP contribution in [0.25, 0.3) is 0 Å². The van der Waals surface area contributed by atoms with E-state index in [1.165, 1.54) is 12.1 Å². The van der Waals surface area contributed by atoms with Crippen molar-refractivity contribution in [2.24, 2.45) is 0 Å². The maximum Gasteiger partial charge on any atom is 0.252 e. The van der Waals surface area contributed by atoms with Gasteiger partial charge in [0.25, 0.3) is 5.91 Å². The average Bonchev–Trinajstić information content (AvgIpc) is 2.75. The lowest BCUT2D eigenvalue weighted by Gasteiger charge is -2.33. The lowest BCUT2D eigenvalue weighted by Crippen LogP contribution is -2.45. The number of hydrogen-bond acceptors (Lipinski definition) is 6. The molecule has 1 atom stereocenters. The van der Waals surface area contributed by atoms with Crippen molar-refractivity contribution in [3.8, 4) is 5.75 Å². The molecule has 0 spiro atoms. The summed E-state index contributed by atoms with van der Waals surface area (Å²) in [5, 5.41) is 13.9. The molecule has 0 bridgehead atoms. The molecule has 0 saturated carbocycles. The van der Waals surface area contributed by atoms with E-state index in [0.29, 0.717) is 22.3 Å². The second kappa shape index (κ2) is 10.9. The van der Waals surface area contributed by atoms with Gasteiger partial charge in [-0.2, -0.15) is 0 Å². The average molecular weight is 501 g/mol. The molecule has 1 aliphatic heterocycles. The zero-order valence-electron chi connectivity index (χ0n) is 17.6. The van der Waals surface area contributed by atoms with Crippen molar-refractivity contribution in [1.82, 2.24) is 10.2 Å². The third-order valence-electron chi connectivity index (χ3n) is 5.23. The Balaban J connectivity index is 1.44. The fraction of sp³-hybridized carbons (Fsp3) is 0.409. The Hall–Kier alpha value is -1.84. The Kier molecular flexibility index (Phi) is 8.41. The number of likely N-dealkylation sites (tertiary alicyclic amines) is 1. The number of β-amino-alcohol motifs (C(OH)–C–C–N with tert-alkyl or cyclic N) is 1. The maximum absolute atomic E-state index is 12.4. The van der Waals surface area contributed by atoms with Crippen molar-refractivity contribution in [2.45, 2.75) is 29.9 Å². The van der Waals surface area contributed by atoms with Gasteiger partial charge in [-0.25, -0.2) is 8.42 Å². The topological polar surface area (TPSA) is 95.9 Å². The van der Waals surface area contributed by atoms with Crippen LogP contribution >= 0.6 is 23.2 Å². The second-order valence-electron chi connectivity index (χ2n) is 7.83. The molecule has 0 aliphatic carbocycles. The predicted molar refractivity (Wildman–Crippen MR) is 124 cm³/mol. The number of ether oxygens (including phenoxy) is 1. The molecule has 174 valence electrons. The Labute approximate surface area is 198 Å². The number of sulfone groups is 1. The summed E-state index contributed by atoms with van der Waals surface area (Å²) in [5.41, 5.74) is 0.0717. The van der Waals surface area contributed by atoms with E-state index in [1.807, 2.05) is 0 Å². The smallest absolute Gasteiger partial charge is 0.252 e. The van der Waals surface area contributed by atoms with Crippen LogP contribution in [0.4, 0.5) is 0 Å². The van der Waals surface area contributed by atoms with E-state index >= 15 is 0 Å². The van der Waals surface area contributed by atoms with Crippen molar-refractivity contribution in [3.63, 3.8) is 0 Å². The summed E-state index contributed by atoms with van der Waals surface area (Å²) in [6.45, 7) is 1.91. The van der Waals surface area contributed by atoms with Gasteiger partial charge in [0.1, 0.15) is 11.9 Å². The van der Waals surface area contributed by atoms with E-state index in [-0.39, 0.29) is 23.1 Å². The number of benzene rings is 2. The first-order chi connectivity index (χ1) is 15.1. The van der Waals surface area contributed by atoms with Crippen LogP contribution < -0.4 is 10.1 Å². The van der Waals surface area contributed by atoms with Gasteiger partial charge in [-0.15, -0.1) is 0 Å². The molecule has 1 heterocycles. The van der Waals surface area contributed by atoms with Gasteiger partial charge in [0, 0.05) is 38.5 Å². The molecule has 7 nitrogen and oxygen atoms in total. The number of carbonyl (C=O) groups excluding carboxylic acids is 1. The summed E-state index contributed by atoms with van der Waals surface area (Å²) < 4.78 is 29.7. The van der Waals surface area contributed by atoms with Gasteiger partial charge in [-0.3, -0.25) is 4.79 Å². The highest BCUT2D eigenvalue weighted by Gasteiger charge is 2.23. The summed E-state index contributed by atoms with van der Waals surface area (Å²) in [5.74, 6) is 0.147. The largest absolute Gasteiger partial charge is 0.490 e. The first-order valence-corrected chi connectivity index (χ1v) is 12.9. The predicted octanol–water partition coefficient (Wildman–Crippen LogP) is 3.03. The molecule has 0 radical (unpaired) electrons. The first-order valence-electron chi connectivity index (χ1n) is 10.2. The summed E-state index contributed by atoms with van der Waals surface area (Å²) in [7, 11) is -3.53. The normalized spacial score (nSPS) is 16.5. The van der Waals surface area contributed by atoms with Gasteiger partial charge >= 0.3 is 0 Å². The van der Waals surface area contributed by atoms with Crippen LogP contribution in [0, 0.1) is 0 Å². The number of aliphatic hydroxyl groups is 1. The zero-order chi connectivity index (χ0) is 23.3. The standard InChI is InChI=1S/C22H26Cl2N2O5S/c1-32(29,30)21-5-3-2-4-18(21)22(28)25-13-15(27)14-26-10-8-16(9-11-26)31-17-6-7-19(23)20(24)12-17/h2-7,12,15-16,27H,8-11,13-14H2,1H3,(H,25,28)/t15-/m0/s1. The van der Waals surface area contributed by atoms with E-state index in [1.54, 1.807) is 30.3 Å². The molecular weight excluding hydrogens is 475 g/mol. The molecule has 32 heavy (non-hydrogen) atoms. The van der Waals surface area contributed by atoms with Crippen LogP contribution in [0.2, 0.25) is 10.0 Å². The third-order valence-corrected chi connectivity index (χ3v) is 7.12. The van der Waals surface area contributed by atoms with Crippen LogP contribution in [0.1, 0.15) is 23.2 Å². The minimum absolute atomic E-state index is 0.0244. The van der Waals surface area contributed by atoms with Gasteiger partial charge in [-0.1, -0.05) is 35.3 Å². The van der Waals surface area contributed by atoms with Gasteiger partial charge < -0.3 is 20.1 Å². The number of hydrogen-bond donors (Lipinski definition) is 2. The number of amides is 1. The highest BCUT2D eigenvalue weighted by molar-refractivity contribution is 7.90. The number of piperidine rings is 1. The van der Waals surface area contributed by atoms with E-state index in [0.717, 1.165) is 32.2 Å². The minimum Gasteiger partial charge on any atom is -0.490 e. The number of halogens is 2. The molecule has 0 unspecified atom stereocenters. The van der Waals surface area contributed by atoms with E-state index in [2.05, 4.69) is 10.2 Å². The quantitative estimate of drug-likeness (QED) is 0.578. The molecule has 0 aromatic heterocycles. The molecule has 1 amide bonds. The fourth-order valence-electron chi connectivity index (χ4n) is 3.60. The van der Waals surface area contributed by atoms with E-state index < -0.39 is 21.8 Å². The number of nitrogens with zero attached hydrogens (tertiary/aromatic N) is 1. The summed E-state index contributed by atoms with van der Waals surface area (Å²) in [4.78, 5) is 14.5. The SMILES string of the molecule is CS(=O)(=O)c1ccccc1C(=O)NC[C@H](O)CN1CCC(Oc2ccc(Cl)c(Cl)c2)CC1. The molecule has 10 heteroatoms. The molecule has 2 aromatic carbocycles. The van der Waals surface area contributed by atoms with Crippen molar-refractivity contribution in [3.05, 3.63) is 58.1 Å². The van der Waals surface area contributed by atoms with Gasteiger partial charge in [-0.05, 0) is 37.1 Å². The molecule has 1 saturated heterocycles. The molecule has 2 N–H and O–H groups in total. The fourth-order valence-corrected chi connectivity index (χ4v) is 4.77. The Morgan fingerprint density at radius 3 is 2.53 bits per heavy atom. The second-order valence-corrected chi connectivity index (χ2v) is 10.6. The molecule has 2 aromatic rings. The molecular formula is C22H26Cl2N2O5S. The van der Waals surface area contributed by atoms with Crippen molar-refractivity contribution < 1.29 is 23.1 Å². The molecule has 1 fully saturated rings.